The molecule has 1 aromatic heterocycles. The molecule has 0 saturated carbocycles. The van der Waals surface area contributed by atoms with Gasteiger partial charge in [-0.25, -0.2) is 4.79 Å². The van der Waals surface area contributed by atoms with Gasteiger partial charge in [-0.15, -0.1) is 12.4 Å². The van der Waals surface area contributed by atoms with Gasteiger partial charge in [0.1, 0.15) is 0 Å². The summed E-state index contributed by atoms with van der Waals surface area (Å²) < 4.78 is 6.48. The number of oxazole rings is 1. The summed E-state index contributed by atoms with van der Waals surface area (Å²) in [6, 6.07) is 4.45. The van der Waals surface area contributed by atoms with Crippen LogP contribution in [0.15, 0.2) is 27.4 Å². The molecule has 1 fully saturated rings. The van der Waals surface area contributed by atoms with E-state index in [4.69, 9.17) is 4.42 Å². The van der Waals surface area contributed by atoms with E-state index in [9.17, 15) is 19.7 Å². The van der Waals surface area contributed by atoms with Crippen LogP contribution in [0.4, 0.5) is 5.69 Å². The van der Waals surface area contributed by atoms with Crippen molar-refractivity contribution in [3.05, 3.63) is 38.9 Å². The van der Waals surface area contributed by atoms with Gasteiger partial charge < -0.3 is 15.1 Å². The van der Waals surface area contributed by atoms with Crippen LogP contribution in [0.1, 0.15) is 32.6 Å². The summed E-state index contributed by atoms with van der Waals surface area (Å²) >= 11 is 0. The van der Waals surface area contributed by atoms with Crippen LogP contribution in [-0.2, 0) is 11.3 Å². The van der Waals surface area contributed by atoms with Crippen LogP contribution in [-0.4, -0.2) is 34.0 Å². The zero-order chi connectivity index (χ0) is 18.7. The fourth-order valence-corrected chi connectivity index (χ4v) is 3.30. The Morgan fingerprint density at radius 3 is 2.96 bits per heavy atom. The number of non-ortho nitro benzene ring substituents is 1. The third kappa shape index (κ3) is 4.86. The van der Waals surface area contributed by atoms with E-state index in [0.717, 1.165) is 19.4 Å². The molecule has 2 N–H and O–H groups in total. The van der Waals surface area contributed by atoms with Crippen LogP contribution in [0.2, 0.25) is 0 Å². The minimum Gasteiger partial charge on any atom is -0.407 e. The Hall–Kier alpha value is -2.39. The lowest BCUT2D eigenvalue weighted by molar-refractivity contribution is -0.384. The number of nitro groups is 1. The fourth-order valence-electron chi connectivity index (χ4n) is 3.30. The predicted octanol–water partition coefficient (Wildman–Crippen LogP) is 1.96. The number of nitro benzene ring substituents is 1. The molecule has 2 atom stereocenters. The fraction of sp³-hybridized carbons (Fsp3) is 0.529. The van der Waals surface area contributed by atoms with E-state index in [1.165, 1.54) is 22.8 Å². The largest absolute Gasteiger partial charge is 0.419 e. The van der Waals surface area contributed by atoms with E-state index in [1.807, 2.05) is 0 Å². The monoisotopic (exact) mass is 398 g/mol. The highest BCUT2D eigenvalue weighted by Crippen LogP contribution is 2.20. The van der Waals surface area contributed by atoms with E-state index < -0.39 is 10.7 Å². The van der Waals surface area contributed by atoms with Gasteiger partial charge in [-0.2, -0.15) is 0 Å². The van der Waals surface area contributed by atoms with Crippen molar-refractivity contribution in [2.45, 2.75) is 51.2 Å². The van der Waals surface area contributed by atoms with Crippen molar-refractivity contribution >= 4 is 35.1 Å². The van der Waals surface area contributed by atoms with Gasteiger partial charge in [0.15, 0.2) is 5.58 Å². The van der Waals surface area contributed by atoms with E-state index in [1.54, 1.807) is 0 Å². The molecule has 148 valence electrons. The minimum atomic E-state index is -0.578. The number of piperidine rings is 1. The standard InChI is InChI=1S/C17H22N4O5.ClH/c1-11-13(4-2-8-18-11)19-16(22)5-3-9-20-14-7-6-12(21(24)25)10-15(14)26-17(20)23;/h6-7,10-11,13,18H,2-5,8-9H2,1H3,(H,19,22);1H. The summed E-state index contributed by atoms with van der Waals surface area (Å²) in [7, 11) is 0. The second kappa shape index (κ2) is 9.01. The summed E-state index contributed by atoms with van der Waals surface area (Å²) in [5.74, 6) is -0.618. The molecule has 10 heteroatoms. The molecule has 0 aliphatic carbocycles. The van der Waals surface area contributed by atoms with E-state index in [0.29, 0.717) is 24.9 Å². The number of rotatable bonds is 6. The highest BCUT2D eigenvalue weighted by molar-refractivity contribution is 5.85. The molecule has 0 bridgehead atoms. The first kappa shape index (κ1) is 20.9. The van der Waals surface area contributed by atoms with Crippen LogP contribution in [0.25, 0.3) is 11.1 Å². The van der Waals surface area contributed by atoms with Crippen molar-refractivity contribution in [3.63, 3.8) is 0 Å². The smallest absolute Gasteiger partial charge is 0.407 e. The van der Waals surface area contributed by atoms with Crippen molar-refractivity contribution in [2.24, 2.45) is 0 Å². The molecule has 1 aromatic carbocycles. The number of carbonyl (C=O) groups is 1. The number of aryl methyl sites for hydroxylation is 1. The Kier molecular flexibility index (Phi) is 6.98. The molecule has 0 spiro atoms. The van der Waals surface area contributed by atoms with Crippen molar-refractivity contribution in [2.75, 3.05) is 6.54 Å². The molecule has 27 heavy (non-hydrogen) atoms. The first-order valence-corrected chi connectivity index (χ1v) is 8.76. The van der Waals surface area contributed by atoms with Crippen LogP contribution in [0.5, 0.6) is 0 Å². The lowest BCUT2D eigenvalue weighted by Crippen LogP contribution is -2.51. The number of hydrogen-bond acceptors (Lipinski definition) is 6. The van der Waals surface area contributed by atoms with Gasteiger partial charge in [0.2, 0.25) is 5.91 Å². The Balaban J connectivity index is 0.00000261. The van der Waals surface area contributed by atoms with Crippen LogP contribution < -0.4 is 16.4 Å². The molecular weight excluding hydrogens is 376 g/mol. The first-order chi connectivity index (χ1) is 12.5. The number of fused-ring (bicyclic) bond motifs is 1. The van der Waals surface area contributed by atoms with Gasteiger partial charge in [0, 0.05) is 31.1 Å². The second-order valence-corrected chi connectivity index (χ2v) is 6.59. The number of nitrogens with one attached hydrogen (secondary N) is 2. The lowest BCUT2D eigenvalue weighted by atomic mass is 10.00. The molecule has 1 amide bonds. The number of carbonyl (C=O) groups excluding carboxylic acids is 1. The van der Waals surface area contributed by atoms with Gasteiger partial charge in [-0.05, 0) is 38.8 Å². The molecule has 2 unspecified atom stereocenters. The molecular formula is C17H23ClN4O5. The summed E-state index contributed by atoms with van der Waals surface area (Å²) in [4.78, 5) is 34.4. The first-order valence-electron chi connectivity index (χ1n) is 8.76. The molecule has 1 saturated heterocycles. The number of nitrogens with zero attached hydrogens (tertiary/aromatic N) is 2. The van der Waals surface area contributed by atoms with Crippen LogP contribution in [0, 0.1) is 10.1 Å². The normalized spacial score (nSPS) is 19.4. The predicted molar refractivity (Wildman–Crippen MR) is 102 cm³/mol. The summed E-state index contributed by atoms with van der Waals surface area (Å²) in [6.07, 6.45) is 2.78. The number of hydrogen-bond donors (Lipinski definition) is 2. The SMILES string of the molecule is CC1NCCCC1NC(=O)CCCn1c(=O)oc2cc([N+](=O)[O-])ccc21.Cl. The summed E-state index contributed by atoms with van der Waals surface area (Å²) in [5.41, 5.74) is 0.537. The van der Waals surface area contributed by atoms with Crippen LogP contribution >= 0.6 is 12.4 Å². The maximum absolute atomic E-state index is 12.1. The molecule has 9 nitrogen and oxygen atoms in total. The van der Waals surface area contributed by atoms with Gasteiger partial charge >= 0.3 is 5.76 Å². The highest BCUT2D eigenvalue weighted by atomic mass is 35.5. The third-order valence-electron chi connectivity index (χ3n) is 4.76. The molecule has 2 aromatic rings. The quantitative estimate of drug-likeness (QED) is 0.567. The van der Waals surface area contributed by atoms with Gasteiger partial charge in [0.25, 0.3) is 5.69 Å². The van der Waals surface area contributed by atoms with Crippen molar-refractivity contribution < 1.29 is 14.1 Å². The molecule has 1 aliphatic rings. The van der Waals surface area contributed by atoms with E-state index in [2.05, 4.69) is 17.6 Å². The Labute approximate surface area is 161 Å². The van der Waals surface area contributed by atoms with Crippen LogP contribution in [0.3, 0.4) is 0 Å². The number of halogens is 1. The lowest BCUT2D eigenvalue weighted by Gasteiger charge is -2.30. The average molecular weight is 399 g/mol. The van der Waals surface area contributed by atoms with Crippen molar-refractivity contribution in [1.82, 2.24) is 15.2 Å². The highest BCUT2D eigenvalue weighted by Gasteiger charge is 2.22. The Morgan fingerprint density at radius 2 is 2.26 bits per heavy atom. The molecule has 0 radical (unpaired) electrons. The van der Waals surface area contributed by atoms with Crippen molar-refractivity contribution in [1.29, 1.82) is 0 Å². The van der Waals surface area contributed by atoms with E-state index in [-0.39, 0.29) is 41.7 Å². The molecule has 1 aliphatic heterocycles. The average Bonchev–Trinajstić information content (AvgIpc) is 2.91. The number of amides is 1. The maximum Gasteiger partial charge on any atom is 0.419 e. The van der Waals surface area contributed by atoms with Gasteiger partial charge in [-0.3, -0.25) is 19.5 Å². The zero-order valence-corrected chi connectivity index (χ0v) is 15.8. The summed E-state index contributed by atoms with van der Waals surface area (Å²) in [6.45, 7) is 3.35. The second-order valence-electron chi connectivity index (χ2n) is 6.59. The molecule has 3 rings (SSSR count). The van der Waals surface area contributed by atoms with E-state index >= 15 is 0 Å². The number of benzene rings is 1. The summed E-state index contributed by atoms with van der Waals surface area (Å²) in [5, 5.41) is 17.2. The Morgan fingerprint density at radius 1 is 1.48 bits per heavy atom. The van der Waals surface area contributed by atoms with Crippen molar-refractivity contribution in [3.8, 4) is 0 Å². The Bertz CT molecular complexity index is 878. The third-order valence-corrected chi connectivity index (χ3v) is 4.76. The molecule has 2 heterocycles. The topological polar surface area (TPSA) is 119 Å². The number of aromatic nitrogens is 1. The zero-order valence-electron chi connectivity index (χ0n) is 15.0. The maximum atomic E-state index is 12.1. The van der Waals surface area contributed by atoms with Gasteiger partial charge in [0.05, 0.1) is 16.5 Å². The minimum absolute atomic E-state index is 0. The van der Waals surface area contributed by atoms with Gasteiger partial charge in [-0.1, -0.05) is 0 Å².